The van der Waals surface area contributed by atoms with Crippen LogP contribution in [-0.2, 0) is 4.74 Å². The number of anilines is 1. The molecule has 1 aromatic carbocycles. The monoisotopic (exact) mass is 368 g/mol. The van der Waals surface area contributed by atoms with Crippen LogP contribution in [-0.4, -0.2) is 48.0 Å². The molecule has 27 heavy (non-hydrogen) atoms. The Morgan fingerprint density at radius 3 is 2.59 bits per heavy atom. The second kappa shape index (κ2) is 7.92. The van der Waals surface area contributed by atoms with Crippen LogP contribution in [0.1, 0.15) is 36.0 Å². The minimum Gasteiger partial charge on any atom is -0.376 e. The Morgan fingerprint density at radius 2 is 1.89 bits per heavy atom. The van der Waals surface area contributed by atoms with Crippen molar-refractivity contribution in [2.45, 2.75) is 31.8 Å². The highest BCUT2D eigenvalue weighted by atomic mass is 16.5. The van der Waals surface area contributed by atoms with Crippen molar-refractivity contribution in [3.8, 4) is 5.69 Å². The lowest BCUT2D eigenvalue weighted by Crippen LogP contribution is -2.31. The summed E-state index contributed by atoms with van der Waals surface area (Å²) in [6.45, 7) is 3.23. The van der Waals surface area contributed by atoms with Gasteiger partial charge < -0.3 is 15.0 Å². The highest BCUT2D eigenvalue weighted by Crippen LogP contribution is 2.17. The predicted molar refractivity (Wildman–Crippen MR) is 103 cm³/mol. The van der Waals surface area contributed by atoms with Crippen molar-refractivity contribution >= 4 is 11.7 Å². The summed E-state index contributed by atoms with van der Waals surface area (Å²) in [5, 5.41) is 7.40. The van der Waals surface area contributed by atoms with Crippen LogP contribution in [0.15, 0.2) is 41.2 Å². The molecule has 0 saturated carbocycles. The first kappa shape index (κ1) is 17.7. The van der Waals surface area contributed by atoms with Crippen LogP contribution in [0.5, 0.6) is 0 Å². The molecule has 2 fully saturated rings. The van der Waals surface area contributed by atoms with Crippen molar-refractivity contribution in [3.63, 3.8) is 0 Å². The van der Waals surface area contributed by atoms with Crippen LogP contribution in [0, 0.1) is 0 Å². The van der Waals surface area contributed by atoms with Gasteiger partial charge in [0.15, 0.2) is 0 Å². The normalized spacial score (nSPS) is 19.4. The summed E-state index contributed by atoms with van der Waals surface area (Å²) in [4.78, 5) is 26.7. The van der Waals surface area contributed by atoms with Crippen molar-refractivity contribution in [1.29, 1.82) is 0 Å². The Morgan fingerprint density at radius 1 is 1.11 bits per heavy atom. The predicted octanol–water partition coefficient (Wildman–Crippen LogP) is 1.74. The van der Waals surface area contributed by atoms with E-state index in [1.54, 1.807) is 36.4 Å². The molecule has 1 aromatic heterocycles. The number of hydrogen-bond donors (Lipinski definition) is 1. The lowest BCUT2D eigenvalue weighted by Gasteiger charge is -2.17. The molecule has 2 saturated heterocycles. The van der Waals surface area contributed by atoms with Crippen LogP contribution in [0.4, 0.5) is 5.82 Å². The molecule has 2 aliphatic heterocycles. The molecule has 7 heteroatoms. The molecule has 7 nitrogen and oxygen atoms in total. The number of amides is 1. The molecule has 3 heterocycles. The van der Waals surface area contributed by atoms with Gasteiger partial charge in [0.05, 0.1) is 11.8 Å². The first-order chi connectivity index (χ1) is 13.2. The van der Waals surface area contributed by atoms with Crippen LogP contribution in [0.25, 0.3) is 5.69 Å². The third-order valence-corrected chi connectivity index (χ3v) is 5.10. The Labute approximate surface area is 157 Å². The van der Waals surface area contributed by atoms with Gasteiger partial charge in [-0.1, -0.05) is 0 Å². The van der Waals surface area contributed by atoms with E-state index in [0.717, 1.165) is 51.2 Å². The molecule has 1 amide bonds. The molecule has 142 valence electrons. The summed E-state index contributed by atoms with van der Waals surface area (Å²) >= 11 is 0. The van der Waals surface area contributed by atoms with Crippen molar-refractivity contribution < 1.29 is 9.53 Å². The number of nitrogens with zero attached hydrogens (tertiary/aromatic N) is 3. The second-order valence-corrected chi connectivity index (χ2v) is 7.03. The minimum atomic E-state index is -0.187. The SMILES string of the molecule is O=C(NC[C@@H]1CCCO1)c1ccc(-n2nc(N3CCCC3)ccc2=O)cc1. The van der Waals surface area contributed by atoms with Gasteiger partial charge in [-0.05, 0) is 56.0 Å². The molecule has 1 N–H and O–H groups in total. The van der Waals surface area contributed by atoms with Gasteiger partial charge in [-0.3, -0.25) is 9.59 Å². The standard InChI is InChI=1S/C20H24N4O3/c25-19-10-9-18(23-11-1-2-12-23)22-24(19)16-7-5-15(6-8-16)20(26)21-14-17-4-3-13-27-17/h5-10,17H,1-4,11-14H2,(H,21,26)/t17-/m0/s1. The lowest BCUT2D eigenvalue weighted by molar-refractivity contribution is 0.0858. The van der Waals surface area contributed by atoms with Gasteiger partial charge >= 0.3 is 0 Å². The summed E-state index contributed by atoms with van der Waals surface area (Å²) in [7, 11) is 0. The Bertz CT molecular complexity index is 850. The van der Waals surface area contributed by atoms with E-state index in [9.17, 15) is 9.59 Å². The maximum atomic E-state index is 12.3. The number of carbonyl (C=O) groups is 1. The van der Waals surface area contributed by atoms with Crippen LogP contribution < -0.4 is 15.8 Å². The zero-order chi connectivity index (χ0) is 18.6. The first-order valence-corrected chi connectivity index (χ1v) is 9.56. The van der Waals surface area contributed by atoms with E-state index in [0.29, 0.717) is 17.8 Å². The number of benzene rings is 1. The topological polar surface area (TPSA) is 76.5 Å². The largest absolute Gasteiger partial charge is 0.376 e. The summed E-state index contributed by atoms with van der Waals surface area (Å²) in [5.41, 5.74) is 1.02. The van der Waals surface area contributed by atoms with Crippen LogP contribution in [0.2, 0.25) is 0 Å². The summed E-state index contributed by atoms with van der Waals surface area (Å²) < 4.78 is 6.91. The lowest BCUT2D eigenvalue weighted by atomic mass is 10.2. The fraction of sp³-hybridized carbons (Fsp3) is 0.450. The molecule has 2 aliphatic rings. The van der Waals surface area contributed by atoms with Gasteiger partial charge in [0.1, 0.15) is 5.82 Å². The van der Waals surface area contributed by atoms with Crippen LogP contribution >= 0.6 is 0 Å². The molecule has 0 aliphatic carbocycles. The molecular formula is C20H24N4O3. The number of rotatable bonds is 5. The average Bonchev–Trinajstić information content (AvgIpc) is 3.41. The second-order valence-electron chi connectivity index (χ2n) is 7.03. The zero-order valence-electron chi connectivity index (χ0n) is 15.3. The van der Waals surface area contributed by atoms with E-state index < -0.39 is 0 Å². The quantitative estimate of drug-likeness (QED) is 0.870. The highest BCUT2D eigenvalue weighted by Gasteiger charge is 2.17. The summed E-state index contributed by atoms with van der Waals surface area (Å²) in [5.74, 6) is 0.675. The third-order valence-electron chi connectivity index (χ3n) is 5.10. The Balaban J connectivity index is 1.47. The highest BCUT2D eigenvalue weighted by molar-refractivity contribution is 5.94. The molecule has 0 radical (unpaired) electrons. The van der Waals surface area contributed by atoms with Crippen LogP contribution in [0.3, 0.4) is 0 Å². The molecule has 0 spiro atoms. The summed E-state index contributed by atoms with van der Waals surface area (Å²) in [6.07, 6.45) is 4.45. The Hall–Kier alpha value is -2.67. The molecule has 1 atom stereocenters. The fourth-order valence-electron chi connectivity index (χ4n) is 3.57. The number of nitrogens with one attached hydrogen (secondary N) is 1. The summed E-state index contributed by atoms with van der Waals surface area (Å²) in [6, 6.07) is 10.3. The maximum Gasteiger partial charge on any atom is 0.271 e. The van der Waals surface area contributed by atoms with Gasteiger partial charge in [-0.15, -0.1) is 5.10 Å². The van der Waals surface area contributed by atoms with Gasteiger partial charge in [-0.25, -0.2) is 0 Å². The van der Waals surface area contributed by atoms with Crippen molar-refractivity contribution in [2.24, 2.45) is 0 Å². The van der Waals surface area contributed by atoms with E-state index in [2.05, 4.69) is 15.3 Å². The molecule has 0 unspecified atom stereocenters. The van der Waals surface area contributed by atoms with Gasteiger partial charge in [-0.2, -0.15) is 4.68 Å². The van der Waals surface area contributed by atoms with E-state index in [1.807, 2.05) is 0 Å². The molecule has 2 aromatic rings. The fourth-order valence-corrected chi connectivity index (χ4v) is 3.57. The zero-order valence-corrected chi connectivity index (χ0v) is 15.3. The minimum absolute atomic E-state index is 0.115. The number of ether oxygens (including phenoxy) is 1. The Kier molecular flexibility index (Phi) is 5.20. The number of aromatic nitrogens is 2. The van der Waals surface area contributed by atoms with E-state index >= 15 is 0 Å². The number of carbonyl (C=O) groups excluding carboxylic acids is 1. The number of hydrogen-bond acceptors (Lipinski definition) is 5. The van der Waals surface area contributed by atoms with Gasteiger partial charge in [0.2, 0.25) is 0 Å². The molecule has 4 rings (SSSR count). The van der Waals surface area contributed by atoms with E-state index in [1.165, 1.54) is 4.68 Å². The van der Waals surface area contributed by atoms with E-state index in [-0.39, 0.29) is 17.6 Å². The van der Waals surface area contributed by atoms with Crippen molar-refractivity contribution in [2.75, 3.05) is 31.1 Å². The average molecular weight is 368 g/mol. The van der Waals surface area contributed by atoms with Gasteiger partial charge in [0.25, 0.3) is 11.5 Å². The van der Waals surface area contributed by atoms with E-state index in [4.69, 9.17) is 4.74 Å². The third kappa shape index (κ3) is 4.03. The van der Waals surface area contributed by atoms with Crippen molar-refractivity contribution in [1.82, 2.24) is 15.1 Å². The molecular weight excluding hydrogens is 344 g/mol. The first-order valence-electron chi connectivity index (χ1n) is 9.56. The smallest absolute Gasteiger partial charge is 0.271 e. The maximum absolute atomic E-state index is 12.3. The van der Waals surface area contributed by atoms with Gasteiger partial charge in [0, 0.05) is 37.9 Å². The molecule has 0 bridgehead atoms. The van der Waals surface area contributed by atoms with Crippen molar-refractivity contribution in [3.05, 3.63) is 52.3 Å².